The van der Waals surface area contributed by atoms with Crippen LogP contribution in [0, 0.1) is 17.0 Å². The first-order chi connectivity index (χ1) is 10.4. The number of hydrogen-bond donors (Lipinski definition) is 2. The highest BCUT2D eigenvalue weighted by molar-refractivity contribution is 7.80. The van der Waals surface area contributed by atoms with E-state index in [4.69, 9.17) is 35.4 Å². The molecule has 5 nitrogen and oxygen atoms in total. The largest absolute Gasteiger partial charge is 0.332 e. The van der Waals surface area contributed by atoms with Crippen LogP contribution in [-0.4, -0.2) is 10.0 Å². The van der Waals surface area contributed by atoms with Gasteiger partial charge in [0.25, 0.3) is 5.69 Å². The van der Waals surface area contributed by atoms with Gasteiger partial charge in [0.1, 0.15) is 0 Å². The number of halogens is 2. The molecule has 0 aliphatic heterocycles. The summed E-state index contributed by atoms with van der Waals surface area (Å²) in [6.07, 6.45) is 0. The molecule has 0 bridgehead atoms. The number of non-ortho nitro benzene ring substituents is 1. The second-order valence-electron chi connectivity index (χ2n) is 4.46. The molecule has 2 N–H and O–H groups in total. The van der Waals surface area contributed by atoms with Crippen molar-refractivity contribution in [2.75, 3.05) is 10.6 Å². The van der Waals surface area contributed by atoms with Crippen LogP contribution in [0.2, 0.25) is 10.0 Å². The monoisotopic (exact) mass is 355 g/mol. The van der Waals surface area contributed by atoms with Gasteiger partial charge in [0, 0.05) is 23.5 Å². The lowest BCUT2D eigenvalue weighted by atomic mass is 10.2. The van der Waals surface area contributed by atoms with Crippen LogP contribution in [0.5, 0.6) is 0 Å². The summed E-state index contributed by atoms with van der Waals surface area (Å²) in [5.74, 6) is 0. The molecule has 2 aromatic carbocycles. The molecule has 22 heavy (non-hydrogen) atoms. The number of hydrogen-bond acceptors (Lipinski definition) is 3. The summed E-state index contributed by atoms with van der Waals surface area (Å²) < 4.78 is 0. The van der Waals surface area contributed by atoms with Gasteiger partial charge in [-0.2, -0.15) is 0 Å². The fourth-order valence-electron chi connectivity index (χ4n) is 1.72. The Morgan fingerprint density at radius 3 is 2.50 bits per heavy atom. The van der Waals surface area contributed by atoms with Gasteiger partial charge in [-0.15, -0.1) is 0 Å². The van der Waals surface area contributed by atoms with E-state index in [1.54, 1.807) is 24.3 Å². The Labute approximate surface area is 142 Å². The van der Waals surface area contributed by atoms with Crippen LogP contribution in [0.15, 0.2) is 36.4 Å². The predicted molar refractivity (Wildman–Crippen MR) is 94.1 cm³/mol. The Morgan fingerprint density at radius 2 is 1.86 bits per heavy atom. The number of thiocarbonyl (C=S) groups is 1. The van der Waals surface area contributed by atoms with Crippen LogP contribution in [0.3, 0.4) is 0 Å². The second kappa shape index (κ2) is 6.91. The maximum absolute atomic E-state index is 10.8. The number of nitrogens with one attached hydrogen (secondary N) is 2. The summed E-state index contributed by atoms with van der Waals surface area (Å²) in [5.41, 5.74) is 2.05. The van der Waals surface area contributed by atoms with Crippen molar-refractivity contribution in [2.45, 2.75) is 6.92 Å². The first-order valence-corrected chi connectivity index (χ1v) is 7.31. The van der Waals surface area contributed by atoms with Gasteiger partial charge in [-0.1, -0.05) is 29.3 Å². The topological polar surface area (TPSA) is 67.2 Å². The molecule has 0 unspecified atom stereocenters. The van der Waals surface area contributed by atoms with E-state index in [0.717, 1.165) is 5.56 Å². The van der Waals surface area contributed by atoms with Crippen molar-refractivity contribution in [3.05, 3.63) is 62.1 Å². The molecule has 2 aromatic rings. The normalized spacial score (nSPS) is 10.1. The van der Waals surface area contributed by atoms with Gasteiger partial charge in [0.05, 0.1) is 15.0 Å². The van der Waals surface area contributed by atoms with Crippen LogP contribution in [-0.2, 0) is 0 Å². The van der Waals surface area contributed by atoms with Crippen molar-refractivity contribution < 1.29 is 4.92 Å². The van der Waals surface area contributed by atoms with Crippen molar-refractivity contribution >= 4 is 57.6 Å². The van der Waals surface area contributed by atoms with Crippen LogP contribution >= 0.6 is 35.4 Å². The zero-order chi connectivity index (χ0) is 16.3. The van der Waals surface area contributed by atoms with E-state index in [0.29, 0.717) is 26.5 Å². The summed E-state index contributed by atoms with van der Waals surface area (Å²) in [7, 11) is 0. The minimum Gasteiger partial charge on any atom is -0.332 e. The number of nitrogens with zero attached hydrogens (tertiary/aromatic N) is 1. The van der Waals surface area contributed by atoms with Crippen molar-refractivity contribution in [2.24, 2.45) is 0 Å². The third-order valence-electron chi connectivity index (χ3n) is 2.86. The lowest BCUT2D eigenvalue weighted by Gasteiger charge is -2.12. The Morgan fingerprint density at radius 1 is 1.14 bits per heavy atom. The van der Waals surface area contributed by atoms with Crippen molar-refractivity contribution in [3.8, 4) is 0 Å². The summed E-state index contributed by atoms with van der Waals surface area (Å²) in [6, 6.07) is 9.53. The van der Waals surface area contributed by atoms with Crippen molar-refractivity contribution in [1.82, 2.24) is 0 Å². The standard InChI is InChI=1S/C14H11Cl2N3O2S/c1-8-2-4-10(19(20)21)7-13(8)18-14(22)17-9-3-5-11(15)12(16)6-9/h2-7H,1H3,(H2,17,18,22). The van der Waals surface area contributed by atoms with Crippen molar-refractivity contribution in [3.63, 3.8) is 0 Å². The highest BCUT2D eigenvalue weighted by Crippen LogP contribution is 2.26. The Kier molecular flexibility index (Phi) is 5.18. The molecular weight excluding hydrogens is 345 g/mol. The summed E-state index contributed by atoms with van der Waals surface area (Å²) in [4.78, 5) is 10.4. The first kappa shape index (κ1) is 16.5. The lowest BCUT2D eigenvalue weighted by molar-refractivity contribution is -0.384. The fraction of sp³-hybridized carbons (Fsp3) is 0.0714. The van der Waals surface area contributed by atoms with E-state index in [-0.39, 0.29) is 5.69 Å². The quantitative estimate of drug-likeness (QED) is 0.459. The van der Waals surface area contributed by atoms with E-state index in [1.807, 2.05) is 6.92 Å². The molecular formula is C14H11Cl2N3O2S. The van der Waals surface area contributed by atoms with E-state index in [1.165, 1.54) is 12.1 Å². The second-order valence-corrected chi connectivity index (χ2v) is 5.69. The molecule has 0 aromatic heterocycles. The number of aryl methyl sites for hydroxylation is 1. The van der Waals surface area contributed by atoms with Gasteiger partial charge in [0.2, 0.25) is 0 Å². The van der Waals surface area contributed by atoms with E-state index in [9.17, 15) is 10.1 Å². The number of nitro benzene ring substituents is 1. The molecule has 0 atom stereocenters. The smallest absolute Gasteiger partial charge is 0.271 e. The molecule has 0 amide bonds. The average Bonchev–Trinajstić information content (AvgIpc) is 2.45. The number of rotatable bonds is 3. The zero-order valence-corrected chi connectivity index (χ0v) is 13.7. The predicted octanol–water partition coefficient (Wildman–Crippen LogP) is 5.02. The van der Waals surface area contributed by atoms with Crippen LogP contribution in [0.1, 0.15) is 5.56 Å². The SMILES string of the molecule is Cc1ccc([N+](=O)[O-])cc1NC(=S)Nc1ccc(Cl)c(Cl)c1. The Bertz CT molecular complexity index is 753. The van der Waals surface area contributed by atoms with Gasteiger partial charge in [0.15, 0.2) is 5.11 Å². The number of anilines is 2. The molecule has 0 heterocycles. The van der Waals surface area contributed by atoms with Crippen LogP contribution in [0.25, 0.3) is 0 Å². The minimum atomic E-state index is -0.458. The molecule has 0 aliphatic carbocycles. The molecule has 0 saturated carbocycles. The first-order valence-electron chi connectivity index (χ1n) is 6.15. The third-order valence-corrected chi connectivity index (χ3v) is 3.80. The minimum absolute atomic E-state index is 0.00885. The van der Waals surface area contributed by atoms with Gasteiger partial charge in [-0.3, -0.25) is 10.1 Å². The van der Waals surface area contributed by atoms with E-state index >= 15 is 0 Å². The Balaban J connectivity index is 2.13. The van der Waals surface area contributed by atoms with E-state index < -0.39 is 4.92 Å². The highest BCUT2D eigenvalue weighted by atomic mass is 35.5. The van der Waals surface area contributed by atoms with Gasteiger partial charge >= 0.3 is 0 Å². The fourth-order valence-corrected chi connectivity index (χ4v) is 2.24. The number of nitro groups is 1. The lowest BCUT2D eigenvalue weighted by Crippen LogP contribution is -2.19. The number of benzene rings is 2. The molecule has 0 radical (unpaired) electrons. The molecule has 0 fully saturated rings. The summed E-state index contributed by atoms with van der Waals surface area (Å²) >= 11 is 17.0. The summed E-state index contributed by atoms with van der Waals surface area (Å²) in [6.45, 7) is 1.83. The Hall–Kier alpha value is -1.89. The maximum Gasteiger partial charge on any atom is 0.271 e. The molecule has 0 saturated heterocycles. The molecule has 0 spiro atoms. The zero-order valence-electron chi connectivity index (χ0n) is 11.4. The van der Waals surface area contributed by atoms with Crippen molar-refractivity contribution in [1.29, 1.82) is 0 Å². The third kappa shape index (κ3) is 4.07. The summed E-state index contributed by atoms with van der Waals surface area (Å²) in [5, 5.41) is 17.8. The maximum atomic E-state index is 10.8. The van der Waals surface area contributed by atoms with Crippen LogP contribution in [0.4, 0.5) is 17.1 Å². The van der Waals surface area contributed by atoms with Gasteiger partial charge in [-0.05, 0) is 42.9 Å². The van der Waals surface area contributed by atoms with Gasteiger partial charge in [-0.25, -0.2) is 0 Å². The molecule has 2 rings (SSSR count). The highest BCUT2D eigenvalue weighted by Gasteiger charge is 2.10. The van der Waals surface area contributed by atoms with Crippen LogP contribution < -0.4 is 10.6 Å². The van der Waals surface area contributed by atoms with Gasteiger partial charge < -0.3 is 10.6 Å². The molecule has 114 valence electrons. The molecule has 8 heteroatoms. The van der Waals surface area contributed by atoms with E-state index in [2.05, 4.69) is 10.6 Å². The average molecular weight is 356 g/mol. The molecule has 0 aliphatic rings.